The Kier molecular flexibility index (Phi) is 5.77. The highest BCUT2D eigenvalue weighted by Crippen LogP contribution is 2.24. The number of hydrogen-bond donors (Lipinski definition) is 3. The van der Waals surface area contributed by atoms with Crippen molar-refractivity contribution in [3.8, 4) is 11.3 Å². The van der Waals surface area contributed by atoms with Gasteiger partial charge in [-0.25, -0.2) is 4.98 Å². The second-order valence-electron chi connectivity index (χ2n) is 5.50. The van der Waals surface area contributed by atoms with Crippen molar-refractivity contribution in [3.63, 3.8) is 0 Å². The average Bonchev–Trinajstić information content (AvgIpc) is 3.31. The minimum absolute atomic E-state index is 0.255. The SMILES string of the molecule is O=C(O)C[C@@H](NCc1ccco1)C(=O)Nc1nc(-c2ccccc2)cs1. The van der Waals surface area contributed by atoms with E-state index >= 15 is 0 Å². The van der Waals surface area contributed by atoms with Gasteiger partial charge in [-0.2, -0.15) is 0 Å². The lowest BCUT2D eigenvalue weighted by Crippen LogP contribution is -2.41. The molecule has 0 saturated carbocycles. The maximum Gasteiger partial charge on any atom is 0.305 e. The summed E-state index contributed by atoms with van der Waals surface area (Å²) in [7, 11) is 0. The highest BCUT2D eigenvalue weighted by Gasteiger charge is 2.22. The Bertz CT molecular complexity index is 862. The van der Waals surface area contributed by atoms with Crippen LogP contribution in [0.1, 0.15) is 12.2 Å². The van der Waals surface area contributed by atoms with Gasteiger partial charge in [0.1, 0.15) is 5.76 Å². The van der Waals surface area contributed by atoms with Crippen molar-refractivity contribution in [3.05, 3.63) is 59.9 Å². The van der Waals surface area contributed by atoms with Crippen molar-refractivity contribution < 1.29 is 19.1 Å². The summed E-state index contributed by atoms with van der Waals surface area (Å²) in [5.74, 6) is -0.900. The van der Waals surface area contributed by atoms with E-state index in [9.17, 15) is 9.59 Å². The molecule has 3 N–H and O–H groups in total. The quantitative estimate of drug-likeness (QED) is 0.562. The monoisotopic (exact) mass is 371 g/mol. The first-order valence-corrected chi connectivity index (χ1v) is 8.79. The molecule has 0 bridgehead atoms. The van der Waals surface area contributed by atoms with E-state index in [0.717, 1.165) is 11.3 Å². The number of carboxylic acids is 1. The zero-order valence-corrected chi connectivity index (χ0v) is 14.5. The van der Waals surface area contributed by atoms with Crippen LogP contribution in [0, 0.1) is 0 Å². The number of carbonyl (C=O) groups is 2. The van der Waals surface area contributed by atoms with Crippen LogP contribution in [0.5, 0.6) is 0 Å². The minimum atomic E-state index is -1.07. The van der Waals surface area contributed by atoms with Crippen LogP contribution in [0.15, 0.2) is 58.5 Å². The zero-order valence-electron chi connectivity index (χ0n) is 13.7. The second kappa shape index (κ2) is 8.41. The summed E-state index contributed by atoms with van der Waals surface area (Å²) < 4.78 is 5.19. The van der Waals surface area contributed by atoms with Crippen molar-refractivity contribution in [2.45, 2.75) is 19.0 Å². The van der Waals surface area contributed by atoms with Crippen LogP contribution in [-0.4, -0.2) is 28.0 Å². The van der Waals surface area contributed by atoms with Gasteiger partial charge in [0.2, 0.25) is 5.91 Å². The molecule has 7 nitrogen and oxygen atoms in total. The first-order chi connectivity index (χ1) is 12.6. The molecular formula is C18H17N3O4S. The molecule has 0 fully saturated rings. The normalized spacial score (nSPS) is 11.8. The van der Waals surface area contributed by atoms with Gasteiger partial charge in [-0.3, -0.25) is 14.9 Å². The van der Waals surface area contributed by atoms with Crippen LogP contribution in [0.3, 0.4) is 0 Å². The fourth-order valence-electron chi connectivity index (χ4n) is 2.33. The van der Waals surface area contributed by atoms with Crippen LogP contribution < -0.4 is 10.6 Å². The summed E-state index contributed by atoms with van der Waals surface area (Å²) in [6, 6.07) is 12.2. The van der Waals surface area contributed by atoms with Gasteiger partial charge in [0.05, 0.1) is 31.0 Å². The highest BCUT2D eigenvalue weighted by molar-refractivity contribution is 7.14. The van der Waals surface area contributed by atoms with Gasteiger partial charge >= 0.3 is 5.97 Å². The lowest BCUT2D eigenvalue weighted by atomic mass is 10.2. The average molecular weight is 371 g/mol. The predicted molar refractivity (Wildman–Crippen MR) is 97.8 cm³/mol. The number of thiazole rings is 1. The van der Waals surface area contributed by atoms with Gasteiger partial charge in [0.25, 0.3) is 0 Å². The van der Waals surface area contributed by atoms with E-state index < -0.39 is 17.9 Å². The van der Waals surface area contributed by atoms with E-state index in [-0.39, 0.29) is 13.0 Å². The summed E-state index contributed by atoms with van der Waals surface area (Å²) in [5.41, 5.74) is 1.70. The Morgan fingerprint density at radius 3 is 2.69 bits per heavy atom. The molecule has 3 aromatic rings. The number of carbonyl (C=O) groups excluding carboxylic acids is 1. The van der Waals surface area contributed by atoms with E-state index in [1.165, 1.54) is 17.6 Å². The fraction of sp³-hybridized carbons (Fsp3) is 0.167. The molecule has 0 saturated heterocycles. The van der Waals surface area contributed by atoms with Gasteiger partial charge in [-0.05, 0) is 12.1 Å². The number of anilines is 1. The third-order valence-corrected chi connectivity index (χ3v) is 4.36. The number of nitrogens with zero attached hydrogens (tertiary/aromatic N) is 1. The van der Waals surface area contributed by atoms with Gasteiger partial charge in [-0.15, -0.1) is 11.3 Å². The number of aliphatic carboxylic acids is 1. The molecule has 0 radical (unpaired) electrons. The molecule has 0 aliphatic carbocycles. The molecule has 2 aromatic heterocycles. The number of benzene rings is 1. The number of carboxylic acid groups (broad SMARTS) is 1. The molecule has 1 aromatic carbocycles. The van der Waals surface area contributed by atoms with E-state index in [4.69, 9.17) is 9.52 Å². The lowest BCUT2D eigenvalue weighted by Gasteiger charge is -2.15. The first kappa shape index (κ1) is 17.8. The van der Waals surface area contributed by atoms with Gasteiger partial charge in [0.15, 0.2) is 5.13 Å². The zero-order chi connectivity index (χ0) is 18.4. The molecular weight excluding hydrogens is 354 g/mol. The van der Waals surface area contributed by atoms with Crippen LogP contribution in [0.4, 0.5) is 5.13 Å². The minimum Gasteiger partial charge on any atom is -0.481 e. The number of amides is 1. The van der Waals surface area contributed by atoms with Crippen molar-refractivity contribution in [2.75, 3.05) is 5.32 Å². The maximum atomic E-state index is 12.5. The molecule has 1 atom stereocenters. The molecule has 26 heavy (non-hydrogen) atoms. The van der Waals surface area contributed by atoms with Crippen LogP contribution in [0.25, 0.3) is 11.3 Å². The Labute approximate surface area is 153 Å². The van der Waals surface area contributed by atoms with E-state index in [1.807, 2.05) is 35.7 Å². The standard InChI is InChI=1S/C18H17N3O4S/c22-16(23)9-14(19-10-13-7-4-8-25-13)17(24)21-18-20-15(11-26-18)12-5-2-1-3-6-12/h1-8,11,14,19H,9-10H2,(H,22,23)(H,20,21,24)/t14-/m1/s1. The number of furan rings is 1. The summed E-state index contributed by atoms with van der Waals surface area (Å²) in [5, 5.41) is 16.9. The lowest BCUT2D eigenvalue weighted by molar-refractivity contribution is -0.139. The van der Waals surface area contributed by atoms with Crippen molar-refractivity contribution in [1.29, 1.82) is 0 Å². The van der Waals surface area contributed by atoms with Gasteiger partial charge in [-0.1, -0.05) is 30.3 Å². The van der Waals surface area contributed by atoms with Gasteiger partial charge in [0, 0.05) is 10.9 Å². The molecule has 2 heterocycles. The largest absolute Gasteiger partial charge is 0.481 e. The number of aromatic nitrogens is 1. The molecule has 134 valence electrons. The molecule has 0 unspecified atom stereocenters. The van der Waals surface area contributed by atoms with E-state index in [1.54, 1.807) is 12.1 Å². The van der Waals surface area contributed by atoms with Crippen LogP contribution in [0.2, 0.25) is 0 Å². The van der Waals surface area contributed by atoms with Crippen molar-refractivity contribution in [2.24, 2.45) is 0 Å². The van der Waals surface area contributed by atoms with Gasteiger partial charge < -0.3 is 14.8 Å². The second-order valence-corrected chi connectivity index (χ2v) is 6.36. The molecule has 0 spiro atoms. The summed E-state index contributed by atoms with van der Waals surface area (Å²) in [4.78, 5) is 27.9. The topological polar surface area (TPSA) is 104 Å². The van der Waals surface area contributed by atoms with Crippen molar-refractivity contribution >= 4 is 28.3 Å². The highest BCUT2D eigenvalue weighted by atomic mass is 32.1. The first-order valence-electron chi connectivity index (χ1n) is 7.91. The molecule has 0 aliphatic heterocycles. The van der Waals surface area contributed by atoms with Crippen molar-refractivity contribution in [1.82, 2.24) is 10.3 Å². The van der Waals surface area contributed by atoms with E-state index in [0.29, 0.717) is 10.9 Å². The summed E-state index contributed by atoms with van der Waals surface area (Å²) in [6.45, 7) is 0.255. The fourth-order valence-corrected chi connectivity index (χ4v) is 3.06. The van der Waals surface area contributed by atoms with E-state index in [2.05, 4.69) is 15.6 Å². The summed E-state index contributed by atoms with van der Waals surface area (Å²) in [6.07, 6.45) is 1.17. The summed E-state index contributed by atoms with van der Waals surface area (Å²) >= 11 is 1.29. The molecule has 8 heteroatoms. The third kappa shape index (κ3) is 4.78. The smallest absolute Gasteiger partial charge is 0.305 e. The van der Waals surface area contributed by atoms with Crippen LogP contribution >= 0.6 is 11.3 Å². The Morgan fingerprint density at radius 2 is 2.00 bits per heavy atom. The predicted octanol–water partition coefficient (Wildman–Crippen LogP) is 2.97. The number of nitrogens with one attached hydrogen (secondary N) is 2. The Morgan fingerprint density at radius 1 is 1.19 bits per heavy atom. The third-order valence-electron chi connectivity index (χ3n) is 3.60. The number of hydrogen-bond acceptors (Lipinski definition) is 6. The molecule has 0 aliphatic rings. The number of rotatable bonds is 8. The molecule has 1 amide bonds. The molecule has 3 rings (SSSR count). The Balaban J connectivity index is 1.65. The maximum absolute atomic E-state index is 12.5. The van der Waals surface area contributed by atoms with Crippen LogP contribution in [-0.2, 0) is 16.1 Å². The Hall–Kier alpha value is -2.97.